The van der Waals surface area contributed by atoms with Crippen molar-refractivity contribution >= 4 is 15.8 Å². The second-order valence-electron chi connectivity index (χ2n) is 7.87. The number of nitrogens with zero attached hydrogens (tertiary/aromatic N) is 5. The first-order chi connectivity index (χ1) is 15.3. The van der Waals surface area contributed by atoms with Crippen LogP contribution in [-0.4, -0.2) is 57.6 Å². The molecule has 2 aromatic heterocycles. The number of aryl methyl sites for hydroxylation is 2. The average Bonchev–Trinajstić information content (AvgIpc) is 3.29. The summed E-state index contributed by atoms with van der Waals surface area (Å²) >= 11 is 0. The van der Waals surface area contributed by atoms with Gasteiger partial charge in [0.1, 0.15) is 0 Å². The number of nitrogens with two attached hydrogens (primary N) is 1. The molecule has 170 valence electrons. The minimum Gasteiger partial charge on any atom is -0.396 e. The van der Waals surface area contributed by atoms with Gasteiger partial charge in [-0.2, -0.15) is 9.29 Å². The third-order valence-corrected chi connectivity index (χ3v) is 7.64. The molecule has 0 amide bonds. The van der Waals surface area contributed by atoms with Crippen LogP contribution in [0.1, 0.15) is 31.2 Å². The fourth-order valence-electron chi connectivity index (χ4n) is 3.70. The number of piperidine rings is 1. The van der Waals surface area contributed by atoms with Gasteiger partial charge in [0, 0.05) is 31.7 Å². The highest BCUT2D eigenvalue weighted by molar-refractivity contribution is 7.89. The van der Waals surface area contributed by atoms with E-state index < -0.39 is 10.0 Å². The highest BCUT2D eigenvalue weighted by Gasteiger charge is 2.29. The largest absolute Gasteiger partial charge is 0.396 e. The summed E-state index contributed by atoms with van der Waals surface area (Å²) in [6, 6.07) is 4.96. The molecule has 32 heavy (non-hydrogen) atoms. The number of aromatic nitrogens is 4. The lowest BCUT2D eigenvalue weighted by Gasteiger charge is -2.30. The highest BCUT2D eigenvalue weighted by Crippen LogP contribution is 2.30. The van der Waals surface area contributed by atoms with Gasteiger partial charge in [0.05, 0.1) is 16.8 Å². The van der Waals surface area contributed by atoms with Crippen molar-refractivity contribution in [3.8, 4) is 22.8 Å². The van der Waals surface area contributed by atoms with E-state index in [2.05, 4.69) is 20.1 Å². The Morgan fingerprint density at radius 1 is 1.25 bits per heavy atom. The van der Waals surface area contributed by atoms with Crippen LogP contribution in [0.2, 0.25) is 0 Å². The van der Waals surface area contributed by atoms with E-state index >= 15 is 0 Å². The van der Waals surface area contributed by atoms with Gasteiger partial charge in [0.15, 0.2) is 17.3 Å². The normalized spacial score (nSPS) is 15.8. The fourth-order valence-corrected chi connectivity index (χ4v) is 5.19. The van der Waals surface area contributed by atoms with Crippen LogP contribution in [0.3, 0.4) is 0 Å². The van der Waals surface area contributed by atoms with Crippen molar-refractivity contribution < 1.29 is 18.0 Å². The molecule has 0 radical (unpaired) electrons. The Morgan fingerprint density at radius 3 is 2.66 bits per heavy atom. The SMILES string of the molecule is CCc1noc(-c2nc(-c3cc(S(=O)(=O)N4CCC(CO)CC4)ccc3C)cnc2N)n1. The van der Waals surface area contributed by atoms with Gasteiger partial charge >= 0.3 is 0 Å². The molecule has 1 aliphatic heterocycles. The summed E-state index contributed by atoms with van der Waals surface area (Å²) in [5, 5.41) is 13.2. The van der Waals surface area contributed by atoms with Crippen LogP contribution in [0.15, 0.2) is 33.8 Å². The zero-order chi connectivity index (χ0) is 22.9. The third kappa shape index (κ3) is 4.23. The van der Waals surface area contributed by atoms with Crippen LogP contribution in [0.25, 0.3) is 22.8 Å². The number of aliphatic hydroxyl groups is 1. The first-order valence-electron chi connectivity index (χ1n) is 10.5. The molecule has 4 rings (SSSR count). The van der Waals surface area contributed by atoms with Crippen molar-refractivity contribution in [2.75, 3.05) is 25.4 Å². The van der Waals surface area contributed by atoms with Gasteiger partial charge < -0.3 is 15.4 Å². The Morgan fingerprint density at radius 2 is 2.00 bits per heavy atom. The van der Waals surface area contributed by atoms with Crippen molar-refractivity contribution in [2.24, 2.45) is 5.92 Å². The van der Waals surface area contributed by atoms with E-state index in [4.69, 9.17) is 10.3 Å². The maximum atomic E-state index is 13.2. The molecule has 0 aliphatic carbocycles. The monoisotopic (exact) mass is 458 g/mol. The number of rotatable bonds is 6. The van der Waals surface area contributed by atoms with Crippen molar-refractivity contribution in [3.05, 3.63) is 35.8 Å². The van der Waals surface area contributed by atoms with E-state index in [1.54, 1.807) is 18.2 Å². The van der Waals surface area contributed by atoms with Gasteiger partial charge in [0.2, 0.25) is 10.0 Å². The van der Waals surface area contributed by atoms with Crippen molar-refractivity contribution in [1.82, 2.24) is 24.4 Å². The Labute approximate surface area is 186 Å². The van der Waals surface area contributed by atoms with E-state index in [-0.39, 0.29) is 34.8 Å². The molecule has 0 spiro atoms. The smallest absolute Gasteiger partial charge is 0.280 e. The lowest BCUT2D eigenvalue weighted by molar-refractivity contribution is 0.170. The standard InChI is InChI=1S/C21H26N6O4S/c1-3-18-25-21(31-26-18)19-20(22)23-11-17(24-19)16-10-15(5-4-13(16)2)32(29,30)27-8-6-14(12-28)7-9-27/h4-5,10-11,14,28H,3,6-9,12H2,1-2H3,(H2,22,23). The molecule has 0 saturated carbocycles. The second kappa shape index (κ2) is 8.93. The molecular formula is C21H26N6O4S. The van der Waals surface area contributed by atoms with Gasteiger partial charge in [0.25, 0.3) is 5.89 Å². The quantitative estimate of drug-likeness (QED) is 0.566. The predicted octanol–water partition coefficient (Wildman–Crippen LogP) is 2.04. The third-order valence-electron chi connectivity index (χ3n) is 5.74. The maximum Gasteiger partial charge on any atom is 0.280 e. The Kier molecular flexibility index (Phi) is 6.22. The summed E-state index contributed by atoms with van der Waals surface area (Å²) < 4.78 is 33.2. The van der Waals surface area contributed by atoms with Gasteiger partial charge in [-0.05, 0) is 43.4 Å². The fraction of sp³-hybridized carbons (Fsp3) is 0.429. The second-order valence-corrected chi connectivity index (χ2v) is 9.80. The minimum absolute atomic E-state index is 0.0838. The van der Waals surface area contributed by atoms with Crippen molar-refractivity contribution in [1.29, 1.82) is 0 Å². The van der Waals surface area contributed by atoms with Crippen molar-refractivity contribution in [2.45, 2.75) is 38.0 Å². The Hall–Kier alpha value is -2.89. The van der Waals surface area contributed by atoms with Gasteiger partial charge in [-0.15, -0.1) is 0 Å². The summed E-state index contributed by atoms with van der Waals surface area (Å²) in [4.78, 5) is 13.2. The molecule has 1 saturated heterocycles. The van der Waals surface area contributed by atoms with Crippen LogP contribution >= 0.6 is 0 Å². The lowest BCUT2D eigenvalue weighted by atomic mass is 10.00. The molecular weight excluding hydrogens is 432 g/mol. The maximum absolute atomic E-state index is 13.2. The topological polar surface area (TPSA) is 148 Å². The molecule has 1 aliphatic rings. The molecule has 3 aromatic rings. The van der Waals surface area contributed by atoms with E-state index in [0.717, 1.165) is 5.56 Å². The number of benzene rings is 1. The molecule has 3 N–H and O–H groups in total. The van der Waals surface area contributed by atoms with Gasteiger partial charge in [-0.1, -0.05) is 18.1 Å². The number of nitrogen functional groups attached to an aromatic ring is 1. The first kappa shape index (κ1) is 22.3. The number of anilines is 1. The molecule has 11 heteroatoms. The lowest BCUT2D eigenvalue weighted by Crippen LogP contribution is -2.39. The van der Waals surface area contributed by atoms with E-state index in [1.807, 2.05) is 13.8 Å². The van der Waals surface area contributed by atoms with Gasteiger partial charge in [-0.25, -0.2) is 18.4 Å². The summed E-state index contributed by atoms with van der Waals surface area (Å²) in [6.45, 7) is 4.64. The molecule has 0 bridgehead atoms. The summed E-state index contributed by atoms with van der Waals surface area (Å²) in [7, 11) is -3.67. The zero-order valence-corrected chi connectivity index (χ0v) is 18.8. The van der Waals surface area contributed by atoms with Crippen LogP contribution in [0.5, 0.6) is 0 Å². The molecule has 0 atom stereocenters. The Bertz CT molecular complexity index is 1220. The van der Waals surface area contributed by atoms with E-state index in [1.165, 1.54) is 10.5 Å². The summed E-state index contributed by atoms with van der Waals surface area (Å²) in [6.07, 6.45) is 3.39. The summed E-state index contributed by atoms with van der Waals surface area (Å²) in [5.41, 5.74) is 8.17. The number of hydrogen-bond donors (Lipinski definition) is 2. The number of aliphatic hydroxyl groups excluding tert-OH is 1. The summed E-state index contributed by atoms with van der Waals surface area (Å²) in [5.74, 6) is 0.993. The first-order valence-corrected chi connectivity index (χ1v) is 11.9. The molecule has 10 nitrogen and oxygen atoms in total. The molecule has 1 aromatic carbocycles. The number of sulfonamides is 1. The van der Waals surface area contributed by atoms with E-state index in [0.29, 0.717) is 49.4 Å². The Balaban J connectivity index is 1.70. The molecule has 0 unspecified atom stereocenters. The van der Waals surface area contributed by atoms with E-state index in [9.17, 15) is 13.5 Å². The van der Waals surface area contributed by atoms with Crippen molar-refractivity contribution in [3.63, 3.8) is 0 Å². The predicted molar refractivity (Wildman–Crippen MR) is 118 cm³/mol. The van der Waals surface area contributed by atoms with Crippen LogP contribution < -0.4 is 5.73 Å². The van der Waals surface area contributed by atoms with Crippen LogP contribution in [-0.2, 0) is 16.4 Å². The molecule has 3 heterocycles. The minimum atomic E-state index is -3.67. The van der Waals surface area contributed by atoms with Crippen LogP contribution in [0, 0.1) is 12.8 Å². The number of hydrogen-bond acceptors (Lipinski definition) is 9. The average molecular weight is 459 g/mol. The highest BCUT2D eigenvalue weighted by atomic mass is 32.2. The molecule has 1 fully saturated rings. The van der Waals surface area contributed by atoms with Crippen LogP contribution in [0.4, 0.5) is 5.82 Å². The van der Waals surface area contributed by atoms with Gasteiger partial charge in [-0.3, -0.25) is 0 Å². The zero-order valence-electron chi connectivity index (χ0n) is 18.0.